The van der Waals surface area contributed by atoms with Gasteiger partial charge in [0, 0.05) is 37.3 Å². The van der Waals surface area contributed by atoms with Crippen LogP contribution in [0.5, 0.6) is 0 Å². The molecule has 212 valence electrons. The molecule has 6 rings (SSSR count). The molecule has 0 radical (unpaired) electrons. The molecule has 2 unspecified atom stereocenters. The van der Waals surface area contributed by atoms with E-state index in [0.29, 0.717) is 50.4 Å². The highest BCUT2D eigenvalue weighted by molar-refractivity contribution is 5.81. The molecule has 1 aliphatic carbocycles. The third-order valence-electron chi connectivity index (χ3n) is 10.0. The maximum absolute atomic E-state index is 14.2. The number of rotatable bonds is 5. The number of hydrogen-bond acceptors (Lipinski definition) is 7. The highest BCUT2D eigenvalue weighted by Crippen LogP contribution is 2.44. The van der Waals surface area contributed by atoms with Gasteiger partial charge in [-0.1, -0.05) is 44.2 Å². The molecule has 0 amide bonds. The first-order valence-corrected chi connectivity index (χ1v) is 15.5. The number of anilines is 1. The highest BCUT2D eigenvalue weighted by Gasteiger charge is 2.45. The summed E-state index contributed by atoms with van der Waals surface area (Å²) in [5, 5.41) is 0. The quantitative estimate of drug-likeness (QED) is 0.562. The normalized spacial score (nSPS) is 28.3. The van der Waals surface area contributed by atoms with Crippen LogP contribution in [0.2, 0.25) is 0 Å². The SMILES string of the molecule is CCOC(=O)C1(N)CCN(c2nc3ccccc3n(C3CC4CC[C@@H](C3)N4C3CCCCCCC3)c2=O)CC1. The average molecular weight is 536 g/mol. The number of ether oxygens (including phenoxy) is 1. The number of para-hydroxylation sites is 2. The fourth-order valence-corrected chi connectivity index (χ4v) is 8.03. The van der Waals surface area contributed by atoms with Crippen molar-refractivity contribution in [3.63, 3.8) is 0 Å². The minimum atomic E-state index is -0.995. The van der Waals surface area contributed by atoms with Crippen molar-refractivity contribution in [2.75, 3.05) is 24.6 Å². The standard InChI is InChI=1S/C31H45N5O3/c1-2-39-30(38)31(32)16-18-34(19-17-31)28-29(37)36(27-13-9-8-12-26(27)33-28)25-20-23-14-15-24(21-25)35(23)22-10-6-4-3-5-7-11-22/h8-9,12-13,22-25H,2-7,10-11,14-21,32H2,1H3/t23-,24?,25?/m0/s1. The van der Waals surface area contributed by atoms with Gasteiger partial charge in [0.15, 0.2) is 5.82 Å². The van der Waals surface area contributed by atoms with Crippen molar-refractivity contribution in [3.05, 3.63) is 34.6 Å². The first kappa shape index (κ1) is 26.8. The number of nitrogens with two attached hydrogens (primary N) is 1. The molecule has 1 aromatic carbocycles. The summed E-state index contributed by atoms with van der Waals surface area (Å²) >= 11 is 0. The minimum Gasteiger partial charge on any atom is -0.465 e. The van der Waals surface area contributed by atoms with E-state index < -0.39 is 5.54 Å². The first-order valence-electron chi connectivity index (χ1n) is 15.5. The number of nitrogens with zero attached hydrogens (tertiary/aromatic N) is 4. The van der Waals surface area contributed by atoms with E-state index in [1.54, 1.807) is 6.92 Å². The predicted octanol–water partition coefficient (Wildman–Crippen LogP) is 4.54. The number of aromatic nitrogens is 2. The lowest BCUT2D eigenvalue weighted by molar-refractivity contribution is -0.150. The number of carbonyl (C=O) groups excluding carboxylic acids is 1. The Morgan fingerprint density at radius 1 is 0.949 bits per heavy atom. The van der Waals surface area contributed by atoms with Crippen LogP contribution in [0.4, 0.5) is 5.82 Å². The number of benzene rings is 1. The van der Waals surface area contributed by atoms with E-state index >= 15 is 0 Å². The van der Waals surface area contributed by atoms with E-state index in [0.717, 1.165) is 29.9 Å². The van der Waals surface area contributed by atoms with Crippen LogP contribution in [0.15, 0.2) is 29.1 Å². The van der Waals surface area contributed by atoms with Crippen molar-refractivity contribution in [2.24, 2.45) is 5.73 Å². The summed E-state index contributed by atoms with van der Waals surface area (Å²) < 4.78 is 7.31. The molecule has 1 saturated carbocycles. The summed E-state index contributed by atoms with van der Waals surface area (Å²) in [7, 11) is 0. The van der Waals surface area contributed by atoms with Gasteiger partial charge in [-0.15, -0.1) is 0 Å². The van der Waals surface area contributed by atoms with Gasteiger partial charge in [0.25, 0.3) is 5.56 Å². The van der Waals surface area contributed by atoms with Gasteiger partial charge in [0.05, 0.1) is 17.6 Å². The van der Waals surface area contributed by atoms with Crippen LogP contribution >= 0.6 is 0 Å². The van der Waals surface area contributed by atoms with Gasteiger partial charge in [0.1, 0.15) is 5.54 Å². The summed E-state index contributed by atoms with van der Waals surface area (Å²) in [6.45, 7) is 3.15. The van der Waals surface area contributed by atoms with Crippen LogP contribution in [-0.2, 0) is 9.53 Å². The number of carbonyl (C=O) groups is 1. The van der Waals surface area contributed by atoms with Crippen molar-refractivity contribution < 1.29 is 9.53 Å². The molecule has 3 saturated heterocycles. The molecule has 39 heavy (non-hydrogen) atoms. The molecule has 4 fully saturated rings. The number of piperidine rings is 2. The van der Waals surface area contributed by atoms with E-state index in [-0.39, 0.29) is 17.6 Å². The van der Waals surface area contributed by atoms with Gasteiger partial charge in [-0.3, -0.25) is 14.5 Å². The Balaban J connectivity index is 1.27. The third kappa shape index (κ3) is 5.10. The summed E-state index contributed by atoms with van der Waals surface area (Å²) in [6.07, 6.45) is 15.0. The molecule has 2 aromatic rings. The number of hydrogen-bond donors (Lipinski definition) is 1. The van der Waals surface area contributed by atoms with Gasteiger partial charge >= 0.3 is 5.97 Å². The van der Waals surface area contributed by atoms with E-state index in [4.69, 9.17) is 15.5 Å². The molecule has 2 N–H and O–H groups in total. The van der Waals surface area contributed by atoms with E-state index in [1.165, 1.54) is 57.8 Å². The van der Waals surface area contributed by atoms with Crippen LogP contribution < -0.4 is 16.2 Å². The summed E-state index contributed by atoms with van der Waals surface area (Å²) in [6, 6.07) is 10.1. The van der Waals surface area contributed by atoms with Gasteiger partial charge in [-0.2, -0.15) is 0 Å². The Labute approximate surface area is 231 Å². The van der Waals surface area contributed by atoms with Crippen LogP contribution in [0.25, 0.3) is 11.0 Å². The van der Waals surface area contributed by atoms with Gasteiger partial charge < -0.3 is 19.9 Å². The molecular weight excluding hydrogens is 490 g/mol. The molecule has 1 aromatic heterocycles. The lowest BCUT2D eigenvalue weighted by Crippen LogP contribution is -2.57. The second-order valence-corrected chi connectivity index (χ2v) is 12.4. The van der Waals surface area contributed by atoms with Crippen molar-refractivity contribution >= 4 is 22.8 Å². The molecule has 2 bridgehead atoms. The van der Waals surface area contributed by atoms with Gasteiger partial charge in [0.2, 0.25) is 0 Å². The molecule has 8 nitrogen and oxygen atoms in total. The molecule has 8 heteroatoms. The second-order valence-electron chi connectivity index (χ2n) is 12.4. The zero-order chi connectivity index (χ0) is 27.0. The van der Waals surface area contributed by atoms with Crippen molar-refractivity contribution in [1.82, 2.24) is 14.5 Å². The minimum absolute atomic E-state index is 0.00170. The Kier molecular flexibility index (Phi) is 7.68. The zero-order valence-corrected chi connectivity index (χ0v) is 23.5. The Morgan fingerprint density at radius 3 is 2.26 bits per heavy atom. The monoisotopic (exact) mass is 535 g/mol. The number of esters is 1. The molecule has 4 aliphatic rings. The Morgan fingerprint density at radius 2 is 1.59 bits per heavy atom. The van der Waals surface area contributed by atoms with Crippen LogP contribution in [0.3, 0.4) is 0 Å². The maximum atomic E-state index is 14.2. The molecule has 0 spiro atoms. The summed E-state index contributed by atoms with van der Waals surface area (Å²) in [5.74, 6) is 0.148. The van der Waals surface area contributed by atoms with Crippen LogP contribution in [-0.4, -0.2) is 63.8 Å². The zero-order valence-electron chi connectivity index (χ0n) is 23.5. The molecule has 3 atom stereocenters. The Bertz CT molecular complexity index is 1210. The van der Waals surface area contributed by atoms with Crippen molar-refractivity contribution in [1.29, 1.82) is 0 Å². The van der Waals surface area contributed by atoms with Crippen molar-refractivity contribution in [2.45, 2.75) is 120 Å². The van der Waals surface area contributed by atoms with Gasteiger partial charge in [-0.05, 0) is 70.4 Å². The van der Waals surface area contributed by atoms with E-state index in [1.807, 2.05) is 23.1 Å². The van der Waals surface area contributed by atoms with E-state index in [2.05, 4.69) is 15.5 Å². The number of fused-ring (bicyclic) bond motifs is 3. The van der Waals surface area contributed by atoms with Crippen LogP contribution in [0.1, 0.15) is 96.4 Å². The smallest absolute Gasteiger partial charge is 0.326 e. The van der Waals surface area contributed by atoms with E-state index in [9.17, 15) is 9.59 Å². The fourth-order valence-electron chi connectivity index (χ4n) is 8.03. The lowest BCUT2D eigenvalue weighted by atomic mass is 9.88. The topological polar surface area (TPSA) is 93.7 Å². The predicted molar refractivity (Wildman–Crippen MR) is 154 cm³/mol. The molecular formula is C31H45N5O3. The van der Waals surface area contributed by atoms with Crippen molar-refractivity contribution in [3.8, 4) is 0 Å². The van der Waals surface area contributed by atoms with Crippen LogP contribution in [0, 0.1) is 0 Å². The average Bonchev–Trinajstić information content (AvgIpc) is 3.17. The summed E-state index contributed by atoms with van der Waals surface area (Å²) in [5.41, 5.74) is 7.22. The third-order valence-corrected chi connectivity index (χ3v) is 10.0. The molecule has 3 aliphatic heterocycles. The van der Waals surface area contributed by atoms with Gasteiger partial charge in [-0.25, -0.2) is 4.98 Å². The molecule has 4 heterocycles. The Hall–Kier alpha value is -2.45. The lowest BCUT2D eigenvalue weighted by Gasteiger charge is -2.45. The maximum Gasteiger partial charge on any atom is 0.326 e. The second kappa shape index (κ2) is 11.2. The fraction of sp³-hybridized carbons (Fsp3) is 0.710. The largest absolute Gasteiger partial charge is 0.465 e. The highest BCUT2D eigenvalue weighted by atomic mass is 16.5. The first-order chi connectivity index (χ1) is 19.0. The summed E-state index contributed by atoms with van der Waals surface area (Å²) in [4.78, 5) is 36.5.